The summed E-state index contributed by atoms with van der Waals surface area (Å²) in [5.74, 6) is 1.13. The first-order chi connectivity index (χ1) is 9.33. The average Bonchev–Trinajstić information content (AvgIpc) is 2.43. The second kappa shape index (κ2) is 6.07. The molecule has 0 aliphatic rings. The van der Waals surface area contributed by atoms with Gasteiger partial charge in [-0.3, -0.25) is 0 Å². The molecular formula is C14H8N2O3. The van der Waals surface area contributed by atoms with Crippen LogP contribution in [0.2, 0.25) is 0 Å². The maximum Gasteiger partial charge on any atom is 0.240 e. The van der Waals surface area contributed by atoms with Gasteiger partial charge in [0.2, 0.25) is 12.2 Å². The summed E-state index contributed by atoms with van der Waals surface area (Å²) in [5, 5.41) is 0. The van der Waals surface area contributed by atoms with E-state index in [0.717, 1.165) is 0 Å². The minimum absolute atomic E-state index is 0.201. The first kappa shape index (κ1) is 12.5. The van der Waals surface area contributed by atoms with Crippen LogP contribution < -0.4 is 4.74 Å². The largest absolute Gasteiger partial charge is 0.457 e. The van der Waals surface area contributed by atoms with Crippen LogP contribution in [0.5, 0.6) is 11.5 Å². The van der Waals surface area contributed by atoms with Gasteiger partial charge in [-0.25, -0.2) is 9.59 Å². The van der Waals surface area contributed by atoms with Gasteiger partial charge >= 0.3 is 0 Å². The second-order valence-electron chi connectivity index (χ2n) is 3.47. The molecule has 0 unspecified atom stereocenters. The summed E-state index contributed by atoms with van der Waals surface area (Å²) < 4.78 is 5.57. The lowest BCUT2D eigenvalue weighted by Gasteiger charge is -2.06. The van der Waals surface area contributed by atoms with Gasteiger partial charge in [-0.15, -0.1) is 0 Å². The van der Waals surface area contributed by atoms with Crippen molar-refractivity contribution in [2.24, 2.45) is 9.98 Å². The van der Waals surface area contributed by atoms with E-state index >= 15 is 0 Å². The smallest absolute Gasteiger partial charge is 0.240 e. The molecule has 0 saturated carbocycles. The van der Waals surface area contributed by atoms with Gasteiger partial charge in [0.25, 0.3) is 0 Å². The standard InChI is InChI=1S/C14H8N2O3/c17-9-15-13-7-6-12(8-14(13)16-10-18)19-11-4-2-1-3-5-11/h1-8H. The summed E-state index contributed by atoms with van der Waals surface area (Å²) >= 11 is 0. The molecule has 0 aliphatic heterocycles. The molecule has 2 aromatic carbocycles. The van der Waals surface area contributed by atoms with Gasteiger partial charge in [0.15, 0.2) is 0 Å². The summed E-state index contributed by atoms with van der Waals surface area (Å²) in [4.78, 5) is 27.5. The normalized spacial score (nSPS) is 9.05. The molecule has 0 aliphatic carbocycles. The van der Waals surface area contributed by atoms with E-state index in [1.54, 1.807) is 18.2 Å². The number of isocyanates is 2. The van der Waals surface area contributed by atoms with Gasteiger partial charge in [-0.05, 0) is 24.3 Å². The molecule has 19 heavy (non-hydrogen) atoms. The van der Waals surface area contributed by atoms with E-state index in [-0.39, 0.29) is 11.4 Å². The molecule has 0 amide bonds. The van der Waals surface area contributed by atoms with E-state index in [1.807, 2.05) is 18.2 Å². The monoisotopic (exact) mass is 252 g/mol. The van der Waals surface area contributed by atoms with E-state index in [9.17, 15) is 9.59 Å². The zero-order valence-electron chi connectivity index (χ0n) is 9.74. The molecule has 2 aromatic rings. The number of carbonyl (C=O) groups excluding carboxylic acids is 2. The van der Waals surface area contributed by atoms with Gasteiger partial charge in [0.1, 0.15) is 22.9 Å². The molecule has 0 fully saturated rings. The summed E-state index contributed by atoms with van der Waals surface area (Å²) in [5.41, 5.74) is 0.436. The quantitative estimate of drug-likeness (QED) is 0.618. The van der Waals surface area contributed by atoms with Gasteiger partial charge in [0, 0.05) is 6.07 Å². The number of benzene rings is 2. The van der Waals surface area contributed by atoms with Crippen LogP contribution in [-0.2, 0) is 9.59 Å². The average molecular weight is 252 g/mol. The van der Waals surface area contributed by atoms with Crippen LogP contribution in [0.15, 0.2) is 58.5 Å². The summed E-state index contributed by atoms with van der Waals surface area (Å²) in [7, 11) is 0. The van der Waals surface area contributed by atoms with Crippen molar-refractivity contribution >= 4 is 23.5 Å². The third kappa shape index (κ3) is 3.23. The fourth-order valence-electron chi connectivity index (χ4n) is 1.47. The van der Waals surface area contributed by atoms with Crippen LogP contribution in [0.25, 0.3) is 0 Å². The van der Waals surface area contributed by atoms with Gasteiger partial charge in [-0.1, -0.05) is 18.2 Å². The second-order valence-corrected chi connectivity index (χ2v) is 3.47. The molecule has 0 radical (unpaired) electrons. The van der Waals surface area contributed by atoms with Crippen molar-refractivity contribution in [3.63, 3.8) is 0 Å². The maximum atomic E-state index is 10.3. The Morgan fingerprint density at radius 2 is 1.47 bits per heavy atom. The fourth-order valence-corrected chi connectivity index (χ4v) is 1.47. The molecule has 0 atom stereocenters. The van der Waals surface area contributed by atoms with Crippen LogP contribution in [0.3, 0.4) is 0 Å². The number of para-hydroxylation sites is 1. The van der Waals surface area contributed by atoms with E-state index in [4.69, 9.17) is 4.74 Å². The molecule has 0 saturated heterocycles. The Morgan fingerprint density at radius 3 is 2.16 bits per heavy atom. The Labute approximate surface area is 108 Å². The van der Waals surface area contributed by atoms with E-state index in [1.165, 1.54) is 24.3 Å². The van der Waals surface area contributed by atoms with Crippen LogP contribution in [-0.4, -0.2) is 12.2 Å². The predicted molar refractivity (Wildman–Crippen MR) is 68.5 cm³/mol. The lowest BCUT2D eigenvalue weighted by molar-refractivity contribution is 0.483. The first-order valence-electron chi connectivity index (χ1n) is 5.36. The highest BCUT2D eigenvalue weighted by atomic mass is 16.5. The molecule has 0 N–H and O–H groups in total. The molecule has 5 nitrogen and oxygen atoms in total. The third-order valence-corrected chi connectivity index (χ3v) is 2.26. The molecule has 0 bridgehead atoms. The minimum Gasteiger partial charge on any atom is -0.457 e. The first-order valence-corrected chi connectivity index (χ1v) is 5.36. The highest BCUT2D eigenvalue weighted by Crippen LogP contribution is 2.33. The lowest BCUT2D eigenvalue weighted by Crippen LogP contribution is -1.83. The molecule has 92 valence electrons. The molecule has 0 aromatic heterocycles. The number of ether oxygens (including phenoxy) is 1. The maximum absolute atomic E-state index is 10.3. The van der Waals surface area contributed by atoms with E-state index < -0.39 is 0 Å². The molecule has 2 rings (SSSR count). The van der Waals surface area contributed by atoms with Crippen LogP contribution in [0.1, 0.15) is 0 Å². The van der Waals surface area contributed by atoms with Crippen molar-refractivity contribution in [3.05, 3.63) is 48.5 Å². The zero-order valence-corrected chi connectivity index (χ0v) is 9.74. The molecule has 0 heterocycles. The summed E-state index contributed by atoms with van der Waals surface area (Å²) in [6.07, 6.45) is 2.80. The Balaban J connectivity index is 2.35. The van der Waals surface area contributed by atoms with Crippen molar-refractivity contribution in [2.45, 2.75) is 0 Å². The number of hydrogen-bond acceptors (Lipinski definition) is 5. The Bertz CT molecular complexity index is 670. The van der Waals surface area contributed by atoms with Crippen LogP contribution in [0.4, 0.5) is 11.4 Å². The molecule has 5 heteroatoms. The lowest BCUT2D eigenvalue weighted by atomic mass is 10.2. The van der Waals surface area contributed by atoms with Crippen molar-refractivity contribution in [1.29, 1.82) is 0 Å². The zero-order chi connectivity index (χ0) is 13.5. The minimum atomic E-state index is 0.201. The third-order valence-electron chi connectivity index (χ3n) is 2.26. The predicted octanol–water partition coefficient (Wildman–Crippen LogP) is 3.41. The number of rotatable bonds is 4. The van der Waals surface area contributed by atoms with Gasteiger partial charge < -0.3 is 4.74 Å². The van der Waals surface area contributed by atoms with Crippen molar-refractivity contribution < 1.29 is 14.3 Å². The topological polar surface area (TPSA) is 68.1 Å². The SMILES string of the molecule is O=C=Nc1ccc(Oc2ccccc2)cc1N=C=O. The molecule has 0 spiro atoms. The van der Waals surface area contributed by atoms with Crippen molar-refractivity contribution in [2.75, 3.05) is 0 Å². The van der Waals surface area contributed by atoms with E-state index in [0.29, 0.717) is 11.5 Å². The Morgan fingerprint density at radius 1 is 0.789 bits per heavy atom. The highest BCUT2D eigenvalue weighted by molar-refractivity contribution is 5.70. The summed E-state index contributed by atoms with van der Waals surface area (Å²) in [6.45, 7) is 0. The van der Waals surface area contributed by atoms with Gasteiger partial charge in [0.05, 0.1) is 0 Å². The van der Waals surface area contributed by atoms with Crippen LogP contribution >= 0.6 is 0 Å². The summed E-state index contributed by atoms with van der Waals surface area (Å²) in [6, 6.07) is 13.8. The van der Waals surface area contributed by atoms with E-state index in [2.05, 4.69) is 9.98 Å². The van der Waals surface area contributed by atoms with Crippen molar-refractivity contribution in [3.8, 4) is 11.5 Å². The Hall–Kier alpha value is -3.00. The fraction of sp³-hybridized carbons (Fsp3) is 0. The highest BCUT2D eigenvalue weighted by Gasteiger charge is 2.04. The molecular weight excluding hydrogens is 244 g/mol. The Kier molecular flexibility index (Phi) is 3.98. The number of nitrogens with zero attached hydrogens (tertiary/aromatic N) is 2. The van der Waals surface area contributed by atoms with Crippen molar-refractivity contribution in [1.82, 2.24) is 0 Å². The number of hydrogen-bond donors (Lipinski definition) is 0. The van der Waals surface area contributed by atoms with Crippen LogP contribution in [0, 0.1) is 0 Å². The number of aliphatic imine (C=N–C) groups is 2. The van der Waals surface area contributed by atoms with Gasteiger partial charge in [-0.2, -0.15) is 9.98 Å².